The van der Waals surface area contributed by atoms with Gasteiger partial charge >= 0.3 is 5.97 Å². The van der Waals surface area contributed by atoms with E-state index in [1.54, 1.807) is 0 Å². The number of ether oxygens (including phenoxy) is 2. The van der Waals surface area contributed by atoms with E-state index in [2.05, 4.69) is 38.1 Å². The maximum Gasteiger partial charge on any atom is 0.322 e. The van der Waals surface area contributed by atoms with E-state index in [9.17, 15) is 14.7 Å². The molecule has 1 amide bonds. The maximum atomic E-state index is 11.9. The zero-order valence-corrected chi connectivity index (χ0v) is 17.4. The van der Waals surface area contributed by atoms with Crippen molar-refractivity contribution in [2.45, 2.75) is 18.4 Å². The smallest absolute Gasteiger partial charge is 0.322 e. The minimum Gasteiger partial charge on any atom is -0.505 e. The van der Waals surface area contributed by atoms with Gasteiger partial charge in [-0.2, -0.15) is 0 Å². The van der Waals surface area contributed by atoms with Crippen LogP contribution in [0.2, 0.25) is 0 Å². The highest BCUT2D eigenvalue weighted by atomic mass is 79.9. The fourth-order valence-electron chi connectivity index (χ4n) is 2.80. The van der Waals surface area contributed by atoms with Crippen molar-refractivity contribution in [1.29, 1.82) is 0 Å². The second-order valence-electron chi connectivity index (χ2n) is 6.58. The summed E-state index contributed by atoms with van der Waals surface area (Å²) in [6.45, 7) is 0.453. The van der Waals surface area contributed by atoms with Crippen LogP contribution in [0, 0.1) is 11.8 Å². The molecule has 2 aromatic rings. The van der Waals surface area contributed by atoms with Crippen LogP contribution >= 0.6 is 15.9 Å². The molecule has 1 aromatic carbocycles. The quantitative estimate of drug-likeness (QED) is 0.569. The van der Waals surface area contributed by atoms with Gasteiger partial charge in [-0.1, -0.05) is 21.9 Å². The molecular formula is C21H19BrN2O6. The molecule has 1 aliphatic rings. The SMILES string of the molecule is O=C(O)CNC(=O)c1ncc(C#CC2(Oc3ccc(Br)cc3)CCOCC2)cc1O. The number of rotatable bonds is 5. The summed E-state index contributed by atoms with van der Waals surface area (Å²) in [6.07, 6.45) is 2.49. The van der Waals surface area contributed by atoms with Crippen LogP contribution in [0.15, 0.2) is 41.0 Å². The van der Waals surface area contributed by atoms with E-state index in [-0.39, 0.29) is 11.4 Å². The standard InChI is InChI=1S/C21H19BrN2O6/c22-15-1-3-16(4-2-15)30-21(7-9-29-10-8-21)6-5-14-11-17(25)19(23-12-14)20(28)24-13-18(26)27/h1-4,11-12,25H,7-10,13H2,(H,24,28)(H,26,27). The molecule has 1 saturated heterocycles. The average molecular weight is 475 g/mol. The lowest BCUT2D eigenvalue weighted by Gasteiger charge is -2.33. The Hall–Kier alpha value is -3.09. The molecule has 0 saturated carbocycles. The Balaban J connectivity index is 1.80. The van der Waals surface area contributed by atoms with Crippen LogP contribution in [0.25, 0.3) is 0 Å². The van der Waals surface area contributed by atoms with E-state index in [1.165, 1.54) is 12.3 Å². The number of hydrogen-bond acceptors (Lipinski definition) is 6. The summed E-state index contributed by atoms with van der Waals surface area (Å²) in [5.41, 5.74) is -0.625. The van der Waals surface area contributed by atoms with Crippen molar-refractivity contribution in [3.63, 3.8) is 0 Å². The van der Waals surface area contributed by atoms with E-state index >= 15 is 0 Å². The van der Waals surface area contributed by atoms with Crippen LogP contribution in [-0.2, 0) is 9.53 Å². The molecule has 0 aliphatic carbocycles. The number of nitrogens with one attached hydrogen (secondary N) is 1. The largest absolute Gasteiger partial charge is 0.505 e. The average Bonchev–Trinajstić information content (AvgIpc) is 2.73. The second kappa shape index (κ2) is 9.61. The second-order valence-corrected chi connectivity index (χ2v) is 7.50. The van der Waals surface area contributed by atoms with Crippen molar-refractivity contribution >= 4 is 27.8 Å². The number of pyridine rings is 1. The van der Waals surface area contributed by atoms with Gasteiger partial charge in [-0.3, -0.25) is 9.59 Å². The summed E-state index contributed by atoms with van der Waals surface area (Å²) in [7, 11) is 0. The zero-order valence-electron chi connectivity index (χ0n) is 15.9. The number of carbonyl (C=O) groups excluding carboxylic acids is 1. The number of hydrogen-bond donors (Lipinski definition) is 3. The lowest BCUT2D eigenvalue weighted by atomic mass is 9.94. The number of aliphatic carboxylic acids is 1. The Morgan fingerprint density at radius 2 is 1.97 bits per heavy atom. The Morgan fingerprint density at radius 1 is 1.27 bits per heavy atom. The van der Waals surface area contributed by atoms with Crippen LogP contribution in [0.3, 0.4) is 0 Å². The molecule has 0 atom stereocenters. The lowest BCUT2D eigenvalue weighted by Crippen LogP contribution is -2.40. The predicted molar refractivity (Wildman–Crippen MR) is 110 cm³/mol. The first kappa shape index (κ1) is 21.6. The topological polar surface area (TPSA) is 118 Å². The van der Waals surface area contributed by atoms with Crippen LogP contribution < -0.4 is 10.1 Å². The van der Waals surface area contributed by atoms with Gasteiger partial charge in [0.25, 0.3) is 5.91 Å². The molecule has 8 nitrogen and oxygen atoms in total. The van der Waals surface area contributed by atoms with Crippen LogP contribution in [0.5, 0.6) is 11.5 Å². The molecule has 30 heavy (non-hydrogen) atoms. The highest BCUT2D eigenvalue weighted by molar-refractivity contribution is 9.10. The zero-order chi connectivity index (χ0) is 21.6. The van der Waals surface area contributed by atoms with Gasteiger partial charge in [-0.25, -0.2) is 4.98 Å². The fraction of sp³-hybridized carbons (Fsp3) is 0.286. The lowest BCUT2D eigenvalue weighted by molar-refractivity contribution is -0.135. The van der Waals surface area contributed by atoms with Gasteiger partial charge in [0, 0.05) is 29.1 Å². The highest BCUT2D eigenvalue weighted by Gasteiger charge is 2.33. The van der Waals surface area contributed by atoms with Gasteiger partial charge in [-0.15, -0.1) is 0 Å². The molecule has 0 unspecified atom stereocenters. The van der Waals surface area contributed by atoms with Crippen molar-refractivity contribution in [3.8, 4) is 23.3 Å². The van der Waals surface area contributed by atoms with Gasteiger partial charge in [0.1, 0.15) is 18.0 Å². The van der Waals surface area contributed by atoms with E-state index in [4.69, 9.17) is 14.6 Å². The van der Waals surface area contributed by atoms with Gasteiger partial charge in [0.15, 0.2) is 11.3 Å². The third-order valence-corrected chi connectivity index (χ3v) is 4.87. The molecule has 3 N–H and O–H groups in total. The Kier molecular flexibility index (Phi) is 6.92. The highest BCUT2D eigenvalue weighted by Crippen LogP contribution is 2.28. The molecule has 0 bridgehead atoms. The van der Waals surface area contributed by atoms with Gasteiger partial charge in [-0.05, 0) is 36.3 Å². The number of carboxylic acid groups (broad SMARTS) is 1. The van der Waals surface area contributed by atoms with Crippen LogP contribution in [0.4, 0.5) is 0 Å². The number of carbonyl (C=O) groups is 2. The van der Waals surface area contributed by atoms with E-state index in [0.717, 1.165) is 4.47 Å². The van der Waals surface area contributed by atoms with Crippen LogP contribution in [0.1, 0.15) is 28.9 Å². The number of amides is 1. The molecule has 1 aromatic heterocycles. The Morgan fingerprint density at radius 3 is 2.60 bits per heavy atom. The van der Waals surface area contributed by atoms with Crippen molar-refractivity contribution in [3.05, 3.63) is 52.3 Å². The van der Waals surface area contributed by atoms with Crippen molar-refractivity contribution < 1.29 is 29.3 Å². The third-order valence-electron chi connectivity index (χ3n) is 4.34. The molecule has 0 radical (unpaired) electrons. The summed E-state index contributed by atoms with van der Waals surface area (Å²) in [6, 6.07) is 8.77. The molecule has 9 heteroatoms. The van der Waals surface area contributed by atoms with E-state index in [1.807, 2.05) is 24.3 Å². The molecule has 0 spiro atoms. The molecule has 1 fully saturated rings. The molecule has 1 aliphatic heterocycles. The monoisotopic (exact) mass is 474 g/mol. The van der Waals surface area contributed by atoms with Crippen molar-refractivity contribution in [2.24, 2.45) is 0 Å². The normalized spacial score (nSPS) is 14.8. The number of halogens is 1. The molecule has 2 heterocycles. The molecule has 3 rings (SSSR count). The van der Waals surface area contributed by atoms with Crippen LogP contribution in [-0.4, -0.2) is 52.4 Å². The fourth-order valence-corrected chi connectivity index (χ4v) is 3.07. The van der Waals surface area contributed by atoms with Gasteiger partial charge in [0.2, 0.25) is 0 Å². The summed E-state index contributed by atoms with van der Waals surface area (Å²) in [5, 5.41) is 20.9. The van der Waals surface area contributed by atoms with E-state index in [0.29, 0.717) is 37.4 Å². The summed E-state index contributed by atoms with van der Waals surface area (Å²) in [5.74, 6) is 4.41. The van der Waals surface area contributed by atoms with Crippen molar-refractivity contribution in [1.82, 2.24) is 10.3 Å². The Bertz CT molecular complexity index is 991. The molecule has 156 valence electrons. The minimum atomic E-state index is -1.20. The first-order valence-corrected chi connectivity index (χ1v) is 9.91. The number of nitrogens with zero attached hydrogens (tertiary/aromatic N) is 1. The number of carboxylic acids is 1. The number of benzene rings is 1. The summed E-state index contributed by atoms with van der Waals surface area (Å²) < 4.78 is 12.6. The van der Waals surface area contributed by atoms with Crippen molar-refractivity contribution in [2.75, 3.05) is 19.8 Å². The number of aromatic nitrogens is 1. The third kappa shape index (κ3) is 5.72. The number of aromatic hydroxyl groups is 1. The predicted octanol–water partition coefficient (Wildman–Crippen LogP) is 2.34. The van der Waals surface area contributed by atoms with Gasteiger partial charge in [0.05, 0.1) is 13.2 Å². The maximum absolute atomic E-state index is 11.9. The minimum absolute atomic E-state index is 0.270. The summed E-state index contributed by atoms with van der Waals surface area (Å²) in [4.78, 5) is 26.4. The Labute approximate surface area is 181 Å². The van der Waals surface area contributed by atoms with Gasteiger partial charge < -0.3 is 25.0 Å². The first-order chi connectivity index (χ1) is 14.4. The summed E-state index contributed by atoms with van der Waals surface area (Å²) >= 11 is 3.39. The van der Waals surface area contributed by atoms with E-state index < -0.39 is 24.0 Å². The molecular weight excluding hydrogens is 456 g/mol. The first-order valence-electron chi connectivity index (χ1n) is 9.11.